The van der Waals surface area contributed by atoms with Crippen molar-refractivity contribution in [2.75, 3.05) is 13.1 Å². The first-order valence-corrected chi connectivity index (χ1v) is 6.42. The summed E-state index contributed by atoms with van der Waals surface area (Å²) >= 11 is 0. The minimum absolute atomic E-state index is 0.176. The summed E-state index contributed by atoms with van der Waals surface area (Å²) in [6.07, 6.45) is 3.44. The van der Waals surface area contributed by atoms with Crippen LogP contribution in [0.15, 0.2) is 6.33 Å². The number of hydrogen-bond donors (Lipinski definition) is 1. The molecule has 17 heavy (non-hydrogen) atoms. The second kappa shape index (κ2) is 5.60. The molecule has 1 unspecified atom stereocenters. The zero-order chi connectivity index (χ0) is 12.3. The molecule has 1 N–H and O–H groups in total. The summed E-state index contributed by atoms with van der Waals surface area (Å²) in [6.45, 7) is 7.86. The van der Waals surface area contributed by atoms with Crippen molar-refractivity contribution in [3.63, 3.8) is 0 Å². The molecule has 1 aliphatic heterocycles. The Kier molecular flexibility index (Phi) is 4.12. The van der Waals surface area contributed by atoms with Crippen LogP contribution in [-0.4, -0.2) is 44.0 Å². The van der Waals surface area contributed by atoms with Gasteiger partial charge in [-0.2, -0.15) is 5.10 Å². The summed E-state index contributed by atoms with van der Waals surface area (Å²) < 4.78 is 1.98. The van der Waals surface area contributed by atoms with Gasteiger partial charge in [0, 0.05) is 13.1 Å². The highest BCUT2D eigenvalue weighted by Gasteiger charge is 2.19. The molecule has 0 radical (unpaired) electrons. The highest BCUT2D eigenvalue weighted by molar-refractivity contribution is 4.86. The maximum atomic E-state index is 9.64. The van der Waals surface area contributed by atoms with E-state index in [-0.39, 0.29) is 6.10 Å². The molecule has 2 rings (SSSR count). The molecule has 1 aliphatic rings. The first kappa shape index (κ1) is 12.5. The minimum atomic E-state index is -0.176. The molecule has 0 aliphatic carbocycles. The SMILES string of the molecule is CC(C)Cn1ncnc1CN1CCCC(O)C1. The van der Waals surface area contributed by atoms with Gasteiger partial charge in [-0.05, 0) is 25.3 Å². The van der Waals surface area contributed by atoms with E-state index in [2.05, 4.69) is 28.8 Å². The molecule has 96 valence electrons. The van der Waals surface area contributed by atoms with Crippen LogP contribution in [-0.2, 0) is 13.1 Å². The first-order valence-electron chi connectivity index (χ1n) is 6.42. The van der Waals surface area contributed by atoms with Gasteiger partial charge in [-0.25, -0.2) is 9.67 Å². The van der Waals surface area contributed by atoms with Gasteiger partial charge >= 0.3 is 0 Å². The molecule has 1 fully saturated rings. The fraction of sp³-hybridized carbons (Fsp3) is 0.833. The van der Waals surface area contributed by atoms with Crippen LogP contribution < -0.4 is 0 Å². The van der Waals surface area contributed by atoms with E-state index in [1.165, 1.54) is 0 Å². The second-order valence-electron chi connectivity index (χ2n) is 5.28. The van der Waals surface area contributed by atoms with E-state index in [9.17, 15) is 5.11 Å². The van der Waals surface area contributed by atoms with Gasteiger partial charge < -0.3 is 5.11 Å². The maximum absolute atomic E-state index is 9.64. The standard InChI is InChI=1S/C12H22N4O/c1-10(2)6-16-12(13-9-14-16)8-15-5-3-4-11(17)7-15/h9-11,17H,3-8H2,1-2H3. The number of aromatic nitrogens is 3. The Morgan fingerprint density at radius 1 is 1.53 bits per heavy atom. The van der Waals surface area contributed by atoms with Crippen molar-refractivity contribution in [1.82, 2.24) is 19.7 Å². The molecular formula is C12H22N4O. The predicted molar refractivity (Wildman–Crippen MR) is 65.4 cm³/mol. The van der Waals surface area contributed by atoms with Gasteiger partial charge in [0.15, 0.2) is 0 Å². The Morgan fingerprint density at radius 2 is 2.35 bits per heavy atom. The zero-order valence-corrected chi connectivity index (χ0v) is 10.7. The molecule has 2 heterocycles. The third-order valence-corrected chi connectivity index (χ3v) is 3.08. The summed E-state index contributed by atoms with van der Waals surface area (Å²) in [5.74, 6) is 1.58. The Morgan fingerprint density at radius 3 is 3.06 bits per heavy atom. The monoisotopic (exact) mass is 238 g/mol. The third-order valence-electron chi connectivity index (χ3n) is 3.08. The summed E-state index contributed by atoms with van der Waals surface area (Å²) in [7, 11) is 0. The molecule has 5 nitrogen and oxygen atoms in total. The van der Waals surface area contributed by atoms with Crippen LogP contribution in [0.1, 0.15) is 32.5 Å². The molecule has 0 spiro atoms. The van der Waals surface area contributed by atoms with Crippen LogP contribution in [0.3, 0.4) is 0 Å². The van der Waals surface area contributed by atoms with E-state index in [4.69, 9.17) is 0 Å². The van der Waals surface area contributed by atoms with E-state index in [0.717, 1.165) is 44.8 Å². The number of β-amino-alcohol motifs (C(OH)–C–C–N with tert-alkyl or cyclic N) is 1. The van der Waals surface area contributed by atoms with Crippen molar-refractivity contribution < 1.29 is 5.11 Å². The van der Waals surface area contributed by atoms with Gasteiger partial charge in [0.05, 0.1) is 12.6 Å². The molecule has 5 heteroatoms. The summed E-state index contributed by atoms with van der Waals surface area (Å²) in [5, 5.41) is 13.9. The molecule has 1 saturated heterocycles. The summed E-state index contributed by atoms with van der Waals surface area (Å²) in [5.41, 5.74) is 0. The highest BCUT2D eigenvalue weighted by atomic mass is 16.3. The number of aliphatic hydroxyl groups is 1. The maximum Gasteiger partial charge on any atom is 0.141 e. The van der Waals surface area contributed by atoms with Crippen molar-refractivity contribution in [1.29, 1.82) is 0 Å². The zero-order valence-electron chi connectivity index (χ0n) is 10.7. The van der Waals surface area contributed by atoms with Crippen LogP contribution in [0.25, 0.3) is 0 Å². The van der Waals surface area contributed by atoms with Gasteiger partial charge in [-0.1, -0.05) is 13.8 Å². The predicted octanol–water partition coefficient (Wildman–Crippen LogP) is 0.891. The number of likely N-dealkylation sites (tertiary alicyclic amines) is 1. The molecule has 0 bridgehead atoms. The summed E-state index contributed by atoms with van der Waals surface area (Å²) in [4.78, 5) is 6.58. The molecular weight excluding hydrogens is 216 g/mol. The molecule has 1 aromatic heterocycles. The average molecular weight is 238 g/mol. The fourth-order valence-corrected chi connectivity index (χ4v) is 2.28. The summed E-state index contributed by atoms with van der Waals surface area (Å²) in [6, 6.07) is 0. The van der Waals surface area contributed by atoms with Crippen molar-refractivity contribution >= 4 is 0 Å². The Bertz CT molecular complexity index is 350. The lowest BCUT2D eigenvalue weighted by molar-refractivity contribution is 0.0646. The number of piperidine rings is 1. The average Bonchev–Trinajstić information content (AvgIpc) is 2.65. The van der Waals surface area contributed by atoms with Gasteiger partial charge in [0.2, 0.25) is 0 Å². The van der Waals surface area contributed by atoms with Crippen LogP contribution in [0.2, 0.25) is 0 Å². The van der Waals surface area contributed by atoms with Crippen LogP contribution >= 0.6 is 0 Å². The lowest BCUT2D eigenvalue weighted by Crippen LogP contribution is -2.38. The Hall–Kier alpha value is -0.940. The number of rotatable bonds is 4. The molecule has 0 amide bonds. The van der Waals surface area contributed by atoms with Crippen molar-refractivity contribution in [3.05, 3.63) is 12.2 Å². The van der Waals surface area contributed by atoms with Gasteiger partial charge in [-0.15, -0.1) is 0 Å². The van der Waals surface area contributed by atoms with Gasteiger partial charge in [0.1, 0.15) is 12.2 Å². The number of nitrogens with zero attached hydrogens (tertiary/aromatic N) is 4. The minimum Gasteiger partial charge on any atom is -0.392 e. The highest BCUT2D eigenvalue weighted by Crippen LogP contribution is 2.12. The van der Waals surface area contributed by atoms with E-state index in [1.807, 2.05) is 4.68 Å². The van der Waals surface area contributed by atoms with Crippen molar-refractivity contribution in [2.45, 2.75) is 45.9 Å². The second-order valence-corrected chi connectivity index (χ2v) is 5.28. The quantitative estimate of drug-likeness (QED) is 0.846. The van der Waals surface area contributed by atoms with Gasteiger partial charge in [-0.3, -0.25) is 4.90 Å². The number of aliphatic hydroxyl groups excluding tert-OH is 1. The van der Waals surface area contributed by atoms with Crippen molar-refractivity contribution in [2.24, 2.45) is 5.92 Å². The molecule has 0 saturated carbocycles. The number of hydrogen-bond acceptors (Lipinski definition) is 4. The van der Waals surface area contributed by atoms with Crippen LogP contribution in [0, 0.1) is 5.92 Å². The largest absolute Gasteiger partial charge is 0.392 e. The lowest BCUT2D eigenvalue weighted by atomic mass is 10.1. The smallest absolute Gasteiger partial charge is 0.141 e. The van der Waals surface area contributed by atoms with E-state index in [0.29, 0.717) is 5.92 Å². The molecule has 1 aromatic rings. The molecule has 1 atom stereocenters. The third kappa shape index (κ3) is 3.51. The first-order chi connectivity index (χ1) is 8.15. The molecule has 0 aromatic carbocycles. The van der Waals surface area contributed by atoms with Crippen LogP contribution in [0.4, 0.5) is 0 Å². The van der Waals surface area contributed by atoms with E-state index >= 15 is 0 Å². The van der Waals surface area contributed by atoms with E-state index in [1.54, 1.807) is 6.33 Å². The van der Waals surface area contributed by atoms with Crippen LogP contribution in [0.5, 0.6) is 0 Å². The van der Waals surface area contributed by atoms with Crippen molar-refractivity contribution in [3.8, 4) is 0 Å². The Labute approximate surface area is 102 Å². The lowest BCUT2D eigenvalue weighted by Gasteiger charge is -2.29. The topological polar surface area (TPSA) is 54.2 Å². The van der Waals surface area contributed by atoms with Gasteiger partial charge in [0.25, 0.3) is 0 Å². The Balaban J connectivity index is 1.95. The van der Waals surface area contributed by atoms with E-state index < -0.39 is 0 Å². The fourth-order valence-electron chi connectivity index (χ4n) is 2.28. The normalized spacial score (nSPS) is 22.2.